The summed E-state index contributed by atoms with van der Waals surface area (Å²) in [6.45, 7) is 4.67. The number of hydrogen-bond acceptors (Lipinski definition) is 3. The Kier molecular flexibility index (Phi) is 5.78. The standard InChI is InChI=1S/C23H39NO2/c1-15-8-7-10-18(24(15)3)12-13-20-19-11-6-5-9-17(19)14-21-22(20)16(2)26-23(21)25-4/h12-13,15-23H,5-11,14H2,1-4H3/b13-12+/t15?,16?,17?,18?,19?,20-,21?,22?,23?/m1/s1. The van der Waals surface area contributed by atoms with Gasteiger partial charge in [-0.05, 0) is 70.3 Å². The van der Waals surface area contributed by atoms with Crippen molar-refractivity contribution in [1.82, 2.24) is 4.90 Å². The quantitative estimate of drug-likeness (QED) is 0.670. The van der Waals surface area contributed by atoms with E-state index in [4.69, 9.17) is 9.47 Å². The number of nitrogens with zero attached hydrogens (tertiary/aromatic N) is 1. The number of ether oxygens (including phenoxy) is 2. The second-order valence-electron chi connectivity index (χ2n) is 9.61. The fraction of sp³-hybridized carbons (Fsp3) is 0.913. The van der Waals surface area contributed by atoms with Crippen LogP contribution in [0, 0.1) is 29.6 Å². The molecule has 2 aliphatic heterocycles. The number of fused-ring (bicyclic) bond motifs is 2. The molecule has 9 atom stereocenters. The van der Waals surface area contributed by atoms with E-state index in [0.717, 1.165) is 11.8 Å². The SMILES string of the molecule is COC1OC(C)C2C1CC1CCCCC1[C@H]2/C=C/C1CCCC(C)N1C. The highest BCUT2D eigenvalue weighted by Crippen LogP contribution is 2.55. The average Bonchev–Trinajstić information content (AvgIpc) is 2.97. The van der Waals surface area contributed by atoms with Crippen LogP contribution in [0.5, 0.6) is 0 Å². The van der Waals surface area contributed by atoms with Crippen LogP contribution < -0.4 is 0 Å². The molecular weight excluding hydrogens is 322 g/mol. The molecule has 8 unspecified atom stereocenters. The van der Waals surface area contributed by atoms with Gasteiger partial charge in [-0.1, -0.05) is 37.8 Å². The monoisotopic (exact) mass is 361 g/mol. The second-order valence-corrected chi connectivity index (χ2v) is 9.61. The number of rotatable bonds is 3. The number of allylic oxidation sites excluding steroid dienone is 1. The zero-order valence-corrected chi connectivity index (χ0v) is 17.3. The van der Waals surface area contributed by atoms with Crippen LogP contribution in [-0.4, -0.2) is 43.5 Å². The van der Waals surface area contributed by atoms with Gasteiger partial charge in [0.05, 0.1) is 6.10 Å². The van der Waals surface area contributed by atoms with Gasteiger partial charge in [0.2, 0.25) is 0 Å². The summed E-state index contributed by atoms with van der Waals surface area (Å²) in [5.41, 5.74) is 0. The third-order valence-electron chi connectivity index (χ3n) is 8.34. The first-order chi connectivity index (χ1) is 12.6. The van der Waals surface area contributed by atoms with Gasteiger partial charge in [0.15, 0.2) is 6.29 Å². The van der Waals surface area contributed by atoms with E-state index in [9.17, 15) is 0 Å². The van der Waals surface area contributed by atoms with Crippen molar-refractivity contribution < 1.29 is 9.47 Å². The van der Waals surface area contributed by atoms with Crippen molar-refractivity contribution in [3.05, 3.63) is 12.2 Å². The van der Waals surface area contributed by atoms with Crippen molar-refractivity contribution in [2.75, 3.05) is 14.2 Å². The lowest BCUT2D eigenvalue weighted by molar-refractivity contribution is -0.132. The Morgan fingerprint density at radius 3 is 2.58 bits per heavy atom. The van der Waals surface area contributed by atoms with Crippen molar-refractivity contribution in [3.63, 3.8) is 0 Å². The van der Waals surface area contributed by atoms with Crippen molar-refractivity contribution >= 4 is 0 Å². The van der Waals surface area contributed by atoms with Gasteiger partial charge in [-0.15, -0.1) is 0 Å². The third-order valence-corrected chi connectivity index (χ3v) is 8.34. The van der Waals surface area contributed by atoms with Gasteiger partial charge in [-0.25, -0.2) is 0 Å². The fourth-order valence-electron chi connectivity index (χ4n) is 6.82. The molecule has 0 aromatic rings. The van der Waals surface area contributed by atoms with E-state index < -0.39 is 0 Å². The summed E-state index contributed by atoms with van der Waals surface area (Å²) in [6, 6.07) is 1.34. The van der Waals surface area contributed by atoms with E-state index in [1.54, 1.807) is 0 Å². The summed E-state index contributed by atoms with van der Waals surface area (Å²) in [6.07, 6.45) is 16.6. The molecule has 4 fully saturated rings. The molecular formula is C23H39NO2. The minimum absolute atomic E-state index is 0.0196. The molecule has 4 aliphatic rings. The van der Waals surface area contributed by atoms with Gasteiger partial charge in [0, 0.05) is 25.1 Å². The molecule has 3 nitrogen and oxygen atoms in total. The number of methoxy groups -OCH3 is 1. The van der Waals surface area contributed by atoms with Gasteiger partial charge in [0.25, 0.3) is 0 Å². The minimum atomic E-state index is 0.0196. The third kappa shape index (κ3) is 3.40. The highest BCUT2D eigenvalue weighted by atomic mass is 16.7. The van der Waals surface area contributed by atoms with Crippen LogP contribution >= 0.6 is 0 Å². The summed E-state index contributed by atoms with van der Waals surface area (Å²) in [5.74, 6) is 3.66. The van der Waals surface area contributed by atoms with Crippen LogP contribution in [0.3, 0.4) is 0 Å². The maximum absolute atomic E-state index is 6.26. The molecule has 0 aromatic carbocycles. The molecule has 26 heavy (non-hydrogen) atoms. The summed E-state index contributed by atoms with van der Waals surface area (Å²) >= 11 is 0. The summed E-state index contributed by atoms with van der Waals surface area (Å²) < 4.78 is 12.0. The number of likely N-dealkylation sites (tertiary alicyclic amines) is 1. The van der Waals surface area contributed by atoms with Gasteiger partial charge < -0.3 is 9.47 Å². The Morgan fingerprint density at radius 2 is 1.77 bits per heavy atom. The van der Waals surface area contributed by atoms with E-state index in [-0.39, 0.29) is 6.29 Å². The molecule has 0 amide bonds. The van der Waals surface area contributed by atoms with Crippen molar-refractivity contribution in [3.8, 4) is 0 Å². The molecule has 0 N–H and O–H groups in total. The van der Waals surface area contributed by atoms with Gasteiger partial charge in [-0.2, -0.15) is 0 Å². The van der Waals surface area contributed by atoms with Gasteiger partial charge >= 0.3 is 0 Å². The van der Waals surface area contributed by atoms with Crippen LogP contribution in [0.15, 0.2) is 12.2 Å². The average molecular weight is 362 g/mol. The van der Waals surface area contributed by atoms with Crippen LogP contribution in [0.4, 0.5) is 0 Å². The summed E-state index contributed by atoms with van der Waals surface area (Å²) in [4.78, 5) is 2.59. The number of hydrogen-bond donors (Lipinski definition) is 0. The molecule has 2 saturated carbocycles. The molecule has 0 bridgehead atoms. The first kappa shape index (κ1) is 19.0. The lowest BCUT2D eigenvalue weighted by atomic mass is 9.57. The van der Waals surface area contributed by atoms with Crippen LogP contribution in [0.2, 0.25) is 0 Å². The van der Waals surface area contributed by atoms with Crippen molar-refractivity contribution in [1.29, 1.82) is 0 Å². The Labute approximate surface area is 160 Å². The molecule has 0 spiro atoms. The maximum Gasteiger partial charge on any atom is 0.160 e. The molecule has 3 heteroatoms. The number of piperidine rings is 1. The molecule has 2 saturated heterocycles. The van der Waals surface area contributed by atoms with Crippen LogP contribution in [-0.2, 0) is 9.47 Å². The normalized spacial score (nSPS) is 49.9. The molecule has 0 aromatic heterocycles. The predicted molar refractivity (Wildman–Crippen MR) is 106 cm³/mol. The molecule has 148 valence electrons. The Hall–Kier alpha value is -0.380. The molecule has 0 radical (unpaired) electrons. The molecule has 4 rings (SSSR count). The molecule has 2 heterocycles. The van der Waals surface area contributed by atoms with E-state index >= 15 is 0 Å². The molecule has 2 aliphatic carbocycles. The fourth-order valence-corrected chi connectivity index (χ4v) is 6.82. The van der Waals surface area contributed by atoms with Gasteiger partial charge in [-0.3, -0.25) is 4.90 Å². The Bertz CT molecular complexity index is 506. The highest BCUT2D eigenvalue weighted by molar-refractivity contribution is 5.09. The first-order valence-electron chi connectivity index (χ1n) is 11.2. The predicted octanol–water partition coefficient (Wildman–Crippen LogP) is 4.87. The Morgan fingerprint density at radius 1 is 0.962 bits per heavy atom. The summed E-state index contributed by atoms with van der Waals surface area (Å²) in [5, 5.41) is 0. The zero-order chi connectivity index (χ0) is 18.3. The van der Waals surface area contributed by atoms with E-state index in [2.05, 4.69) is 37.9 Å². The zero-order valence-electron chi connectivity index (χ0n) is 17.3. The van der Waals surface area contributed by atoms with Crippen molar-refractivity contribution in [2.24, 2.45) is 29.6 Å². The largest absolute Gasteiger partial charge is 0.356 e. The van der Waals surface area contributed by atoms with Crippen molar-refractivity contribution in [2.45, 2.75) is 89.7 Å². The first-order valence-corrected chi connectivity index (χ1v) is 11.2. The van der Waals surface area contributed by atoms with Crippen LogP contribution in [0.1, 0.15) is 65.2 Å². The van der Waals surface area contributed by atoms with E-state index in [1.807, 2.05) is 7.11 Å². The number of likely N-dealkylation sites (N-methyl/N-ethyl adjacent to an activating group) is 1. The summed E-state index contributed by atoms with van der Waals surface area (Å²) in [7, 11) is 4.14. The van der Waals surface area contributed by atoms with Gasteiger partial charge in [0.1, 0.15) is 0 Å². The second kappa shape index (κ2) is 7.93. The maximum atomic E-state index is 6.26. The minimum Gasteiger partial charge on any atom is -0.356 e. The highest BCUT2D eigenvalue weighted by Gasteiger charge is 2.53. The van der Waals surface area contributed by atoms with E-state index in [1.165, 1.54) is 51.4 Å². The lowest BCUT2D eigenvalue weighted by Gasteiger charge is -2.47. The lowest BCUT2D eigenvalue weighted by Crippen LogP contribution is -2.44. The van der Waals surface area contributed by atoms with Crippen LogP contribution in [0.25, 0.3) is 0 Å². The Balaban J connectivity index is 1.57. The smallest absolute Gasteiger partial charge is 0.160 e. The van der Waals surface area contributed by atoms with E-state index in [0.29, 0.717) is 35.9 Å². The topological polar surface area (TPSA) is 21.7 Å².